The number of carbonyl (C=O) groups is 4. The average Bonchev–Trinajstić information content (AvgIpc) is 3.83. The predicted octanol–water partition coefficient (Wildman–Crippen LogP) is 6.76. The Kier molecular flexibility index (Phi) is 8.71. The van der Waals surface area contributed by atoms with E-state index in [9.17, 15) is 24.3 Å². The van der Waals surface area contributed by atoms with E-state index in [2.05, 4.69) is 0 Å². The molecule has 0 aliphatic heterocycles. The van der Waals surface area contributed by atoms with Crippen LogP contribution in [0.1, 0.15) is 116 Å². The molecule has 2 aliphatic carbocycles. The molecule has 0 radical (unpaired) electrons. The minimum absolute atomic E-state index is 0.291. The van der Waals surface area contributed by atoms with Crippen LogP contribution < -0.4 is 0 Å². The largest absolute Gasteiger partial charge is 0.477 e. The number of carboxylic acid groups (broad SMARTS) is 1. The number of aromatic nitrogens is 2. The molecule has 6 rings (SSSR count). The zero-order chi connectivity index (χ0) is 30.8. The van der Waals surface area contributed by atoms with Crippen molar-refractivity contribution in [3.63, 3.8) is 0 Å². The SMILES string of the molecule is COC(=O)c1ccc2c(C3CCCC3)c(C(=O)O)n(C)c2c1.COC(=O)c1ccc2c(C3CCCC3)c(C=O)n(C)c2c1. The number of carboxylic acids is 1. The maximum atomic E-state index is 11.7. The van der Waals surface area contributed by atoms with Gasteiger partial charge in [-0.1, -0.05) is 37.8 Å². The number of benzene rings is 2. The van der Waals surface area contributed by atoms with Crippen LogP contribution in [0.4, 0.5) is 0 Å². The molecular weight excluding hydrogens is 548 g/mol. The highest BCUT2D eigenvalue weighted by Gasteiger charge is 2.29. The van der Waals surface area contributed by atoms with E-state index in [1.807, 2.05) is 29.8 Å². The Morgan fingerprint density at radius 1 is 0.744 bits per heavy atom. The third kappa shape index (κ3) is 5.44. The number of hydrogen-bond acceptors (Lipinski definition) is 6. The molecule has 1 N–H and O–H groups in total. The van der Waals surface area contributed by atoms with E-state index in [0.717, 1.165) is 83.4 Å². The highest BCUT2D eigenvalue weighted by Crippen LogP contribution is 2.42. The molecule has 2 aromatic carbocycles. The number of fused-ring (bicyclic) bond motifs is 2. The molecule has 0 unspecified atom stereocenters. The van der Waals surface area contributed by atoms with Crippen LogP contribution in [-0.4, -0.2) is 52.7 Å². The van der Waals surface area contributed by atoms with Crippen LogP contribution >= 0.6 is 0 Å². The molecule has 2 aliphatic rings. The van der Waals surface area contributed by atoms with E-state index < -0.39 is 11.9 Å². The lowest BCUT2D eigenvalue weighted by atomic mass is 9.94. The van der Waals surface area contributed by atoms with Crippen molar-refractivity contribution in [1.29, 1.82) is 0 Å². The summed E-state index contributed by atoms with van der Waals surface area (Å²) in [5.41, 5.74) is 5.77. The number of hydrogen-bond donors (Lipinski definition) is 1. The number of ether oxygens (including phenoxy) is 2. The number of aromatic carboxylic acids is 1. The van der Waals surface area contributed by atoms with Crippen molar-refractivity contribution in [3.8, 4) is 0 Å². The fourth-order valence-corrected chi connectivity index (χ4v) is 7.11. The van der Waals surface area contributed by atoms with Crippen molar-refractivity contribution in [3.05, 3.63) is 70.0 Å². The molecule has 2 fully saturated rings. The second-order valence-electron chi connectivity index (χ2n) is 11.5. The van der Waals surface area contributed by atoms with Crippen molar-refractivity contribution in [2.45, 2.75) is 63.2 Å². The molecule has 9 heteroatoms. The summed E-state index contributed by atoms with van der Waals surface area (Å²) < 4.78 is 13.1. The number of rotatable bonds is 6. The lowest BCUT2D eigenvalue weighted by molar-refractivity contribution is 0.0592. The van der Waals surface area contributed by atoms with E-state index >= 15 is 0 Å². The fourth-order valence-electron chi connectivity index (χ4n) is 7.11. The minimum atomic E-state index is -0.916. The molecule has 9 nitrogen and oxygen atoms in total. The van der Waals surface area contributed by atoms with Crippen LogP contribution in [0.3, 0.4) is 0 Å². The Morgan fingerprint density at radius 2 is 1.19 bits per heavy atom. The summed E-state index contributed by atoms with van der Waals surface area (Å²) in [6, 6.07) is 10.8. The van der Waals surface area contributed by atoms with Crippen LogP contribution in [0.5, 0.6) is 0 Å². The van der Waals surface area contributed by atoms with Crippen molar-refractivity contribution >= 4 is 46.0 Å². The smallest absolute Gasteiger partial charge is 0.352 e. The number of esters is 2. The summed E-state index contributed by atoms with van der Waals surface area (Å²) >= 11 is 0. The zero-order valence-electron chi connectivity index (χ0n) is 25.1. The zero-order valence-corrected chi connectivity index (χ0v) is 25.1. The topological polar surface area (TPSA) is 117 Å². The van der Waals surface area contributed by atoms with Gasteiger partial charge in [0, 0.05) is 35.9 Å². The summed E-state index contributed by atoms with van der Waals surface area (Å²) in [5, 5.41) is 11.6. The third-order valence-corrected chi connectivity index (χ3v) is 9.21. The molecular formula is C34H38N2O7. The number of methoxy groups -OCH3 is 2. The second-order valence-corrected chi connectivity index (χ2v) is 11.5. The lowest BCUT2D eigenvalue weighted by Crippen LogP contribution is -2.09. The van der Waals surface area contributed by atoms with Gasteiger partial charge in [0.05, 0.1) is 31.0 Å². The van der Waals surface area contributed by atoms with E-state index in [4.69, 9.17) is 9.47 Å². The van der Waals surface area contributed by atoms with Gasteiger partial charge in [-0.05, 0) is 72.9 Å². The van der Waals surface area contributed by atoms with Gasteiger partial charge in [0.1, 0.15) is 5.69 Å². The van der Waals surface area contributed by atoms with Crippen LogP contribution in [0, 0.1) is 0 Å². The standard InChI is InChI=1S/C17H19NO4.C17H19NO3/c1-18-13-9-11(17(21)22-2)7-8-12(13)14(15(18)16(19)20)10-5-3-4-6-10;1-18-14-9-12(17(20)21-2)7-8-13(14)16(15(18)10-19)11-5-3-4-6-11/h7-10H,3-6H2,1-2H3,(H,19,20);7-11H,3-6H2,1-2H3. The van der Waals surface area contributed by atoms with Crippen molar-refractivity contribution in [1.82, 2.24) is 9.13 Å². The molecule has 0 spiro atoms. The van der Waals surface area contributed by atoms with Gasteiger partial charge in [0.2, 0.25) is 0 Å². The third-order valence-electron chi connectivity index (χ3n) is 9.21. The highest BCUT2D eigenvalue weighted by molar-refractivity contribution is 6.02. The Hall–Kier alpha value is -4.40. The van der Waals surface area contributed by atoms with Crippen LogP contribution in [0.2, 0.25) is 0 Å². The molecule has 2 aromatic heterocycles. The van der Waals surface area contributed by atoms with Crippen molar-refractivity contribution in [2.24, 2.45) is 14.1 Å². The normalized spacial score (nSPS) is 15.4. The Bertz CT molecular complexity index is 1720. The molecule has 0 saturated heterocycles. The molecule has 226 valence electrons. The average molecular weight is 587 g/mol. The van der Waals surface area contributed by atoms with Crippen LogP contribution in [-0.2, 0) is 23.6 Å². The summed E-state index contributed by atoms with van der Waals surface area (Å²) in [6.45, 7) is 0. The quantitative estimate of drug-likeness (QED) is 0.196. The van der Waals surface area contributed by atoms with Gasteiger partial charge in [0.15, 0.2) is 6.29 Å². The lowest BCUT2D eigenvalue weighted by Gasteiger charge is -2.10. The first-order valence-electron chi connectivity index (χ1n) is 14.8. The van der Waals surface area contributed by atoms with Gasteiger partial charge in [0.25, 0.3) is 0 Å². The Morgan fingerprint density at radius 3 is 1.63 bits per heavy atom. The molecule has 0 bridgehead atoms. The van der Waals surface area contributed by atoms with Gasteiger partial charge < -0.3 is 23.7 Å². The first kappa shape index (κ1) is 30.1. The van der Waals surface area contributed by atoms with Crippen LogP contribution in [0.15, 0.2) is 36.4 Å². The Labute approximate surface area is 250 Å². The number of aldehydes is 1. The summed E-state index contributed by atoms with van der Waals surface area (Å²) in [5.74, 6) is -0.938. The predicted molar refractivity (Wildman–Crippen MR) is 163 cm³/mol. The molecule has 2 heterocycles. The number of carbonyl (C=O) groups excluding carboxylic acids is 3. The molecule has 0 amide bonds. The highest BCUT2D eigenvalue weighted by atomic mass is 16.5. The molecule has 43 heavy (non-hydrogen) atoms. The minimum Gasteiger partial charge on any atom is -0.477 e. The first-order valence-corrected chi connectivity index (χ1v) is 14.8. The molecule has 4 aromatic rings. The summed E-state index contributed by atoms with van der Waals surface area (Å²) in [7, 11) is 6.33. The van der Waals surface area contributed by atoms with Gasteiger partial charge in [-0.2, -0.15) is 0 Å². The van der Waals surface area contributed by atoms with Gasteiger partial charge in [-0.3, -0.25) is 4.79 Å². The van der Waals surface area contributed by atoms with Gasteiger partial charge >= 0.3 is 17.9 Å². The van der Waals surface area contributed by atoms with E-state index in [-0.39, 0.29) is 5.97 Å². The Balaban J connectivity index is 0.000000171. The van der Waals surface area contributed by atoms with E-state index in [0.29, 0.717) is 28.7 Å². The van der Waals surface area contributed by atoms with Crippen molar-refractivity contribution in [2.75, 3.05) is 14.2 Å². The number of aryl methyl sites for hydroxylation is 2. The van der Waals surface area contributed by atoms with Gasteiger partial charge in [-0.25, -0.2) is 14.4 Å². The van der Waals surface area contributed by atoms with Gasteiger partial charge in [-0.15, -0.1) is 0 Å². The molecule has 2 saturated carbocycles. The van der Waals surface area contributed by atoms with E-state index in [1.54, 1.807) is 29.8 Å². The van der Waals surface area contributed by atoms with Crippen LogP contribution in [0.25, 0.3) is 21.8 Å². The van der Waals surface area contributed by atoms with Crippen molar-refractivity contribution < 1.29 is 33.8 Å². The second kappa shape index (κ2) is 12.5. The molecule has 0 atom stereocenters. The fraction of sp³-hybridized carbons (Fsp3) is 0.412. The number of nitrogens with zero attached hydrogens (tertiary/aromatic N) is 2. The first-order chi connectivity index (χ1) is 20.7. The van der Waals surface area contributed by atoms with E-state index in [1.165, 1.54) is 27.1 Å². The maximum Gasteiger partial charge on any atom is 0.352 e. The monoisotopic (exact) mass is 586 g/mol. The summed E-state index contributed by atoms with van der Waals surface area (Å²) in [4.78, 5) is 46.7. The summed E-state index contributed by atoms with van der Waals surface area (Å²) in [6.07, 6.45) is 9.99. The maximum absolute atomic E-state index is 11.7.